The van der Waals surface area contributed by atoms with E-state index in [4.69, 9.17) is 15.0 Å². The van der Waals surface area contributed by atoms with Crippen molar-refractivity contribution >= 4 is 55.0 Å². The van der Waals surface area contributed by atoms with Gasteiger partial charge in [0.05, 0.1) is 0 Å². The van der Waals surface area contributed by atoms with Crippen LogP contribution in [0.2, 0.25) is 0 Å². The largest absolute Gasteiger partial charge is 2.00 e. The Labute approximate surface area is 92.4 Å². The summed E-state index contributed by atoms with van der Waals surface area (Å²) in [5.74, 6) is 0. The quantitative estimate of drug-likeness (QED) is 0.570. The van der Waals surface area contributed by atoms with Crippen LogP contribution in [0.15, 0.2) is 0 Å². The van der Waals surface area contributed by atoms with Crippen molar-refractivity contribution in [3.63, 3.8) is 0 Å². The van der Waals surface area contributed by atoms with Crippen LogP contribution >= 0.6 is 0 Å². The van der Waals surface area contributed by atoms with Crippen LogP contribution in [-0.2, 0) is 21.1 Å². The minimum absolute atomic E-state index is 0. The van der Waals surface area contributed by atoms with E-state index in [0.29, 0.717) is 0 Å². The van der Waals surface area contributed by atoms with Crippen LogP contribution in [0, 0.1) is 0 Å². The van der Waals surface area contributed by atoms with E-state index in [0.717, 1.165) is 0 Å². The molecule has 0 aromatic rings. The van der Waals surface area contributed by atoms with Gasteiger partial charge in [-0.05, 0) is 0 Å². The van der Waals surface area contributed by atoms with E-state index in [-0.39, 0.29) is 72.8 Å². The summed E-state index contributed by atoms with van der Waals surface area (Å²) in [4.78, 5) is 8.56. The number of carboxylic acid groups (broad SMARTS) is 2. The summed E-state index contributed by atoms with van der Waals surface area (Å²) in [6.07, 6.45) is -1.83. The van der Waals surface area contributed by atoms with Gasteiger partial charge in [-0.1, -0.05) is 0 Å². The van der Waals surface area contributed by atoms with Crippen LogP contribution in [0.3, 0.4) is 0 Å². The molecule has 0 unspecified atom stereocenters. The Kier molecular flexibility index (Phi) is 25.4. The molecule has 0 aromatic heterocycles. The molecule has 0 radical (unpaired) electrons. The molecular formula is CH4BaO3Pt. The molecule has 0 fully saturated rings. The predicted octanol–water partition coefficient (Wildman–Crippen LogP) is 0.0641. The maximum Gasteiger partial charge on any atom is 2.00 e. The summed E-state index contributed by atoms with van der Waals surface area (Å²) >= 11 is 0. The third-order valence-corrected chi connectivity index (χ3v) is 0. The first kappa shape index (κ1) is 15.6. The van der Waals surface area contributed by atoms with Gasteiger partial charge in [0.25, 0.3) is 0 Å². The third-order valence-electron chi connectivity index (χ3n) is 0. The van der Waals surface area contributed by atoms with Crippen LogP contribution in [0.4, 0.5) is 4.79 Å². The SMILES string of the molecule is O=C(O)O.[Ba+2].[H-].[H-].[Pt]. The number of carbonyl (C=O) groups is 1. The number of hydrogen-bond acceptors (Lipinski definition) is 1. The van der Waals surface area contributed by atoms with Gasteiger partial charge in [0.1, 0.15) is 0 Å². The minimum Gasteiger partial charge on any atom is -1.00 e. The fraction of sp³-hybridized carbons (Fsp3) is 0. The molecule has 0 aromatic carbocycles. The third kappa shape index (κ3) is 48.5. The summed E-state index contributed by atoms with van der Waals surface area (Å²) in [7, 11) is 0. The molecule has 0 saturated carbocycles. The summed E-state index contributed by atoms with van der Waals surface area (Å²) in [6.45, 7) is 0. The Hall–Kier alpha value is 1.53. The fourth-order valence-electron chi connectivity index (χ4n) is 0. The van der Waals surface area contributed by atoms with E-state index in [2.05, 4.69) is 0 Å². The monoisotopic (exact) mass is 397 g/mol. The van der Waals surface area contributed by atoms with E-state index in [1.165, 1.54) is 0 Å². The van der Waals surface area contributed by atoms with Crippen molar-refractivity contribution in [2.24, 2.45) is 0 Å². The predicted molar refractivity (Wildman–Crippen MR) is 18.6 cm³/mol. The zero-order valence-corrected chi connectivity index (χ0v) is 9.54. The van der Waals surface area contributed by atoms with E-state index in [1.807, 2.05) is 0 Å². The minimum atomic E-state index is -1.83. The topological polar surface area (TPSA) is 57.5 Å². The molecule has 0 saturated heterocycles. The zero-order valence-electron chi connectivity index (χ0n) is 4.83. The number of hydrogen-bond donors (Lipinski definition) is 2. The summed E-state index contributed by atoms with van der Waals surface area (Å²) in [6, 6.07) is 0. The van der Waals surface area contributed by atoms with Crippen LogP contribution in [-0.4, -0.2) is 65.2 Å². The Balaban J connectivity index is -0.00000000750. The standard InChI is InChI=1S/CH2O3.Ba.Pt.2H/c2-1(3)4;;;;/h(H2,2,3,4);;;;/q;+2;;2*-1. The second-order valence-corrected chi connectivity index (χ2v) is 0.283. The maximum absolute atomic E-state index is 8.56. The second kappa shape index (κ2) is 9.73. The van der Waals surface area contributed by atoms with Crippen molar-refractivity contribution < 1.29 is 38.9 Å². The summed E-state index contributed by atoms with van der Waals surface area (Å²) in [5.41, 5.74) is 0. The van der Waals surface area contributed by atoms with Crippen LogP contribution < -0.4 is 0 Å². The van der Waals surface area contributed by atoms with Crippen LogP contribution in [0.1, 0.15) is 2.85 Å². The zero-order chi connectivity index (χ0) is 3.58. The molecule has 3 nitrogen and oxygen atoms in total. The second-order valence-electron chi connectivity index (χ2n) is 0.283. The van der Waals surface area contributed by atoms with Crippen LogP contribution in [0.5, 0.6) is 0 Å². The van der Waals surface area contributed by atoms with Gasteiger partial charge >= 0.3 is 55.0 Å². The van der Waals surface area contributed by atoms with Crippen molar-refractivity contribution in [2.75, 3.05) is 0 Å². The van der Waals surface area contributed by atoms with Gasteiger partial charge in [0.15, 0.2) is 0 Å². The van der Waals surface area contributed by atoms with Crippen molar-refractivity contribution in [1.29, 1.82) is 0 Å². The van der Waals surface area contributed by atoms with E-state index in [9.17, 15) is 0 Å². The van der Waals surface area contributed by atoms with E-state index in [1.54, 1.807) is 0 Å². The maximum atomic E-state index is 8.56. The Bertz CT molecular complexity index is 40.3. The van der Waals surface area contributed by atoms with Crippen molar-refractivity contribution in [1.82, 2.24) is 0 Å². The molecule has 0 aliphatic rings. The molecule has 0 amide bonds. The van der Waals surface area contributed by atoms with Crippen molar-refractivity contribution in [3.05, 3.63) is 0 Å². The van der Waals surface area contributed by atoms with E-state index >= 15 is 0 Å². The molecule has 0 atom stereocenters. The Morgan fingerprint density at radius 3 is 1.50 bits per heavy atom. The Morgan fingerprint density at radius 1 is 1.50 bits per heavy atom. The fourth-order valence-corrected chi connectivity index (χ4v) is 0. The van der Waals surface area contributed by atoms with Crippen molar-refractivity contribution in [2.45, 2.75) is 0 Å². The summed E-state index contributed by atoms with van der Waals surface area (Å²) < 4.78 is 0. The molecule has 0 rings (SSSR count). The molecule has 0 spiro atoms. The number of rotatable bonds is 0. The first-order valence-corrected chi connectivity index (χ1v) is 0.651. The normalized spacial score (nSPS) is 4.00. The average molecular weight is 396 g/mol. The first-order chi connectivity index (χ1) is 1.73. The molecule has 0 heterocycles. The molecule has 38 valence electrons. The summed E-state index contributed by atoms with van der Waals surface area (Å²) in [5, 5.41) is 13.9. The van der Waals surface area contributed by atoms with Gasteiger partial charge in [-0.15, -0.1) is 0 Å². The van der Waals surface area contributed by atoms with E-state index < -0.39 is 6.16 Å². The van der Waals surface area contributed by atoms with Gasteiger partial charge in [0.2, 0.25) is 0 Å². The van der Waals surface area contributed by atoms with Gasteiger partial charge in [0, 0.05) is 21.1 Å². The molecule has 5 heteroatoms. The van der Waals surface area contributed by atoms with Gasteiger partial charge < -0.3 is 13.1 Å². The van der Waals surface area contributed by atoms with Gasteiger partial charge in [-0.25, -0.2) is 4.79 Å². The van der Waals surface area contributed by atoms with Gasteiger partial charge in [-0.2, -0.15) is 0 Å². The van der Waals surface area contributed by atoms with Crippen molar-refractivity contribution in [3.8, 4) is 0 Å². The van der Waals surface area contributed by atoms with Crippen LogP contribution in [0.25, 0.3) is 0 Å². The smallest absolute Gasteiger partial charge is 1.00 e. The molecule has 6 heavy (non-hydrogen) atoms. The van der Waals surface area contributed by atoms with Gasteiger partial charge in [-0.3, -0.25) is 0 Å². The average Bonchev–Trinajstić information content (AvgIpc) is 0.811. The Morgan fingerprint density at radius 2 is 1.50 bits per heavy atom. The molecule has 0 aliphatic heterocycles. The molecule has 0 bridgehead atoms. The molecule has 0 aliphatic carbocycles. The molecular weight excluding hydrogens is 392 g/mol. The first-order valence-electron chi connectivity index (χ1n) is 0.651. The molecule has 2 N–H and O–H groups in total.